The standard InChI is InChI=1S/C29H46O/c1-19-23(30)9-8-21-20-10-13-29(7)24-18-25(2,3)14-15-26(24,4)16-17-28(29,6)22(20)11-12-27(19,21)5/h10,13,19-22,24H,8-9,11-12,14-18H2,1-7H3. The molecular weight excluding hydrogens is 364 g/mol. The number of allylic oxidation sites excluding steroid dienone is 2. The lowest BCUT2D eigenvalue weighted by Gasteiger charge is -2.70. The number of fused-ring (bicyclic) bond motifs is 7. The molecular formula is C29H46O. The number of carbonyl (C=O) groups is 1. The van der Waals surface area contributed by atoms with Crippen LogP contribution in [0.4, 0.5) is 0 Å². The van der Waals surface area contributed by atoms with Crippen LogP contribution in [0.3, 0.4) is 0 Å². The molecule has 0 aromatic rings. The zero-order chi connectivity index (χ0) is 21.7. The number of Topliss-reactive ketones (excluding diaryl/α,β-unsaturated/α-hetero) is 1. The Labute approximate surface area is 185 Å². The summed E-state index contributed by atoms with van der Waals surface area (Å²) in [6, 6.07) is 0. The van der Waals surface area contributed by atoms with Crippen molar-refractivity contribution in [3.05, 3.63) is 12.2 Å². The van der Waals surface area contributed by atoms with Crippen LogP contribution in [-0.2, 0) is 4.79 Å². The molecule has 0 saturated heterocycles. The fraction of sp³-hybridized carbons (Fsp3) is 0.897. The summed E-state index contributed by atoms with van der Waals surface area (Å²) in [4.78, 5) is 12.6. The first-order chi connectivity index (χ1) is 13.9. The highest BCUT2D eigenvalue weighted by molar-refractivity contribution is 5.82. The molecule has 1 nitrogen and oxygen atoms in total. The van der Waals surface area contributed by atoms with E-state index >= 15 is 0 Å². The molecule has 0 N–H and O–H groups in total. The summed E-state index contributed by atoms with van der Waals surface area (Å²) in [5.74, 6) is 3.79. The van der Waals surface area contributed by atoms with E-state index < -0.39 is 0 Å². The second-order valence-electron chi connectivity index (χ2n) is 14.2. The predicted molar refractivity (Wildman–Crippen MR) is 125 cm³/mol. The lowest BCUT2D eigenvalue weighted by molar-refractivity contribution is -0.184. The Hall–Kier alpha value is -0.590. The average molecular weight is 411 g/mol. The molecule has 0 amide bonds. The van der Waals surface area contributed by atoms with Crippen LogP contribution in [-0.4, -0.2) is 5.78 Å². The first kappa shape index (κ1) is 21.3. The van der Waals surface area contributed by atoms with Crippen LogP contribution in [0.15, 0.2) is 12.2 Å². The van der Waals surface area contributed by atoms with Crippen LogP contribution in [0.1, 0.15) is 106 Å². The Kier molecular flexibility index (Phi) is 4.43. The highest BCUT2D eigenvalue weighted by atomic mass is 16.1. The van der Waals surface area contributed by atoms with Gasteiger partial charge in [0.15, 0.2) is 0 Å². The summed E-state index contributed by atoms with van der Waals surface area (Å²) in [6.45, 7) is 17.7. The summed E-state index contributed by atoms with van der Waals surface area (Å²) in [7, 11) is 0. The van der Waals surface area contributed by atoms with E-state index in [4.69, 9.17) is 0 Å². The van der Waals surface area contributed by atoms with Gasteiger partial charge in [-0.3, -0.25) is 4.79 Å². The molecule has 5 aliphatic carbocycles. The van der Waals surface area contributed by atoms with E-state index in [1.54, 1.807) is 0 Å². The van der Waals surface area contributed by atoms with Crippen molar-refractivity contribution < 1.29 is 4.79 Å². The Morgan fingerprint density at radius 2 is 1.57 bits per heavy atom. The molecule has 0 aliphatic heterocycles. The highest BCUT2D eigenvalue weighted by Crippen LogP contribution is 2.73. The Morgan fingerprint density at radius 1 is 0.867 bits per heavy atom. The molecule has 9 unspecified atom stereocenters. The monoisotopic (exact) mass is 410 g/mol. The maximum Gasteiger partial charge on any atom is 0.136 e. The molecule has 5 aliphatic rings. The normalized spacial score (nSPS) is 57.0. The molecule has 5 rings (SSSR count). The van der Waals surface area contributed by atoms with Gasteiger partial charge in [0.1, 0.15) is 5.78 Å². The van der Waals surface area contributed by atoms with Crippen molar-refractivity contribution in [2.45, 2.75) is 106 Å². The van der Waals surface area contributed by atoms with Gasteiger partial charge in [0, 0.05) is 12.3 Å². The second-order valence-corrected chi connectivity index (χ2v) is 14.2. The van der Waals surface area contributed by atoms with Crippen LogP contribution in [0.5, 0.6) is 0 Å². The van der Waals surface area contributed by atoms with Gasteiger partial charge in [-0.15, -0.1) is 0 Å². The quantitative estimate of drug-likeness (QED) is 0.372. The van der Waals surface area contributed by atoms with Crippen molar-refractivity contribution in [3.8, 4) is 0 Å². The van der Waals surface area contributed by atoms with Crippen LogP contribution < -0.4 is 0 Å². The van der Waals surface area contributed by atoms with Gasteiger partial charge in [0.2, 0.25) is 0 Å². The van der Waals surface area contributed by atoms with Gasteiger partial charge in [-0.2, -0.15) is 0 Å². The van der Waals surface area contributed by atoms with Crippen molar-refractivity contribution in [2.24, 2.45) is 56.7 Å². The van der Waals surface area contributed by atoms with Crippen LogP contribution >= 0.6 is 0 Å². The van der Waals surface area contributed by atoms with Crippen molar-refractivity contribution in [2.75, 3.05) is 0 Å². The number of carbonyl (C=O) groups excluding carboxylic acids is 1. The molecule has 1 heteroatoms. The summed E-state index contributed by atoms with van der Waals surface area (Å²) >= 11 is 0. The molecule has 0 heterocycles. The number of ketones is 1. The van der Waals surface area contributed by atoms with Gasteiger partial charge < -0.3 is 0 Å². The minimum Gasteiger partial charge on any atom is -0.299 e. The highest BCUT2D eigenvalue weighted by Gasteiger charge is 2.66. The van der Waals surface area contributed by atoms with E-state index in [2.05, 4.69) is 60.6 Å². The molecule has 168 valence electrons. The number of hydrogen-bond donors (Lipinski definition) is 0. The second kappa shape index (κ2) is 6.26. The van der Waals surface area contributed by atoms with Gasteiger partial charge in [-0.1, -0.05) is 60.6 Å². The molecule has 9 atom stereocenters. The van der Waals surface area contributed by atoms with Crippen molar-refractivity contribution in [3.63, 3.8) is 0 Å². The fourth-order valence-electron chi connectivity index (χ4n) is 9.87. The molecule has 4 saturated carbocycles. The maximum atomic E-state index is 12.6. The lowest BCUT2D eigenvalue weighted by atomic mass is 9.34. The van der Waals surface area contributed by atoms with E-state index in [1.807, 2.05) is 0 Å². The van der Waals surface area contributed by atoms with Gasteiger partial charge >= 0.3 is 0 Å². The summed E-state index contributed by atoms with van der Waals surface area (Å²) in [6.07, 6.45) is 17.0. The molecule has 0 radical (unpaired) electrons. The fourth-order valence-corrected chi connectivity index (χ4v) is 9.87. The third-order valence-corrected chi connectivity index (χ3v) is 12.6. The van der Waals surface area contributed by atoms with E-state index in [-0.39, 0.29) is 11.3 Å². The molecule has 0 aromatic heterocycles. The third kappa shape index (κ3) is 2.56. The Morgan fingerprint density at radius 3 is 2.30 bits per heavy atom. The van der Waals surface area contributed by atoms with Gasteiger partial charge in [0.25, 0.3) is 0 Å². The SMILES string of the molecule is CC1C(=O)CCC2C3C=CC4(C)C5CC(C)(C)CCC5(C)CCC4(C)C3CCC12C. The van der Waals surface area contributed by atoms with Gasteiger partial charge in [-0.25, -0.2) is 0 Å². The summed E-state index contributed by atoms with van der Waals surface area (Å²) in [5, 5.41) is 0. The third-order valence-electron chi connectivity index (χ3n) is 12.6. The Bertz CT molecular complexity index is 777. The van der Waals surface area contributed by atoms with E-state index in [0.717, 1.165) is 24.7 Å². The molecule has 4 fully saturated rings. The van der Waals surface area contributed by atoms with E-state index in [0.29, 0.717) is 39.3 Å². The number of hydrogen-bond acceptors (Lipinski definition) is 1. The van der Waals surface area contributed by atoms with Gasteiger partial charge in [0.05, 0.1) is 0 Å². The molecule has 30 heavy (non-hydrogen) atoms. The van der Waals surface area contributed by atoms with Crippen LogP contribution in [0.25, 0.3) is 0 Å². The molecule has 0 aromatic carbocycles. The van der Waals surface area contributed by atoms with E-state index in [9.17, 15) is 4.79 Å². The Balaban J connectivity index is 1.56. The van der Waals surface area contributed by atoms with Crippen molar-refractivity contribution in [1.82, 2.24) is 0 Å². The van der Waals surface area contributed by atoms with Crippen LogP contribution in [0.2, 0.25) is 0 Å². The van der Waals surface area contributed by atoms with Crippen molar-refractivity contribution >= 4 is 5.78 Å². The minimum atomic E-state index is 0.223. The van der Waals surface area contributed by atoms with Gasteiger partial charge in [-0.05, 0) is 102 Å². The first-order valence-corrected chi connectivity index (χ1v) is 13.1. The summed E-state index contributed by atoms with van der Waals surface area (Å²) < 4.78 is 0. The smallest absolute Gasteiger partial charge is 0.136 e. The van der Waals surface area contributed by atoms with Crippen molar-refractivity contribution in [1.29, 1.82) is 0 Å². The minimum absolute atomic E-state index is 0.223. The van der Waals surface area contributed by atoms with Crippen LogP contribution in [0, 0.1) is 56.7 Å². The maximum absolute atomic E-state index is 12.6. The molecule has 0 spiro atoms. The summed E-state index contributed by atoms with van der Waals surface area (Å²) in [5.41, 5.74) is 1.97. The average Bonchev–Trinajstić information content (AvgIpc) is 2.68. The zero-order valence-electron chi connectivity index (χ0n) is 20.8. The largest absolute Gasteiger partial charge is 0.299 e. The topological polar surface area (TPSA) is 17.1 Å². The predicted octanol–water partition coefficient (Wildman–Crippen LogP) is 7.84. The molecule has 0 bridgehead atoms. The first-order valence-electron chi connectivity index (χ1n) is 13.1. The number of rotatable bonds is 0. The zero-order valence-corrected chi connectivity index (χ0v) is 20.8. The lowest BCUT2D eigenvalue weighted by Crippen LogP contribution is -2.63. The van der Waals surface area contributed by atoms with E-state index in [1.165, 1.54) is 44.9 Å².